The second-order valence-electron chi connectivity index (χ2n) is 5.24. The van der Waals surface area contributed by atoms with E-state index in [0.717, 1.165) is 22.9 Å². The van der Waals surface area contributed by atoms with E-state index in [1.807, 2.05) is 37.4 Å². The van der Waals surface area contributed by atoms with Crippen LogP contribution in [0.25, 0.3) is 10.9 Å². The summed E-state index contributed by atoms with van der Waals surface area (Å²) in [6, 6.07) is 7.46. The molecule has 0 aliphatic carbocycles. The molecule has 1 heterocycles. The molecule has 2 rings (SSSR count). The third-order valence-electron chi connectivity index (χ3n) is 3.66. The Morgan fingerprint density at radius 3 is 2.90 bits per heavy atom. The summed E-state index contributed by atoms with van der Waals surface area (Å²) in [4.78, 5) is 15.3. The van der Waals surface area contributed by atoms with Crippen LogP contribution >= 0.6 is 0 Å². The number of carbonyl (C=O) groups excluding carboxylic acids is 1. The Morgan fingerprint density at radius 2 is 2.19 bits per heavy atom. The van der Waals surface area contributed by atoms with Gasteiger partial charge in [0.15, 0.2) is 0 Å². The van der Waals surface area contributed by atoms with Crippen LogP contribution in [0, 0.1) is 0 Å². The molecular weight excluding hydrogens is 266 g/mol. The van der Waals surface area contributed by atoms with Gasteiger partial charge in [-0.3, -0.25) is 4.79 Å². The standard InChI is InChI=1S/C16H23N3O2/c1-3-12(10-21-2)19-16(20)14(17)8-11-9-18-15-7-5-4-6-13(11)15/h4-7,9,12,14,18H,3,8,10,17H2,1-2H3,(H,19,20)/t12?,14-/m0/s1. The van der Waals surface area contributed by atoms with Crippen molar-refractivity contribution in [1.29, 1.82) is 0 Å². The van der Waals surface area contributed by atoms with E-state index in [-0.39, 0.29) is 11.9 Å². The normalized spacial score (nSPS) is 14.0. The molecule has 4 N–H and O–H groups in total. The van der Waals surface area contributed by atoms with E-state index in [9.17, 15) is 4.79 Å². The molecule has 21 heavy (non-hydrogen) atoms. The molecule has 114 valence electrons. The van der Waals surface area contributed by atoms with Crippen molar-refractivity contribution in [2.45, 2.75) is 31.8 Å². The van der Waals surface area contributed by atoms with Gasteiger partial charge in [0.05, 0.1) is 18.7 Å². The maximum Gasteiger partial charge on any atom is 0.237 e. The highest BCUT2D eigenvalue weighted by Gasteiger charge is 2.18. The number of methoxy groups -OCH3 is 1. The second-order valence-corrected chi connectivity index (χ2v) is 5.24. The van der Waals surface area contributed by atoms with Crippen LogP contribution in [0.4, 0.5) is 0 Å². The molecule has 0 fully saturated rings. The number of hydrogen-bond donors (Lipinski definition) is 3. The number of hydrogen-bond acceptors (Lipinski definition) is 3. The van der Waals surface area contributed by atoms with Gasteiger partial charge < -0.3 is 20.8 Å². The minimum Gasteiger partial charge on any atom is -0.383 e. The molecule has 0 spiro atoms. The monoisotopic (exact) mass is 289 g/mol. The van der Waals surface area contributed by atoms with E-state index in [1.54, 1.807) is 7.11 Å². The number of carbonyl (C=O) groups is 1. The highest BCUT2D eigenvalue weighted by Crippen LogP contribution is 2.18. The van der Waals surface area contributed by atoms with Gasteiger partial charge in [-0.25, -0.2) is 0 Å². The molecule has 0 bridgehead atoms. The fraction of sp³-hybridized carbons (Fsp3) is 0.438. The first-order chi connectivity index (χ1) is 10.2. The third kappa shape index (κ3) is 3.83. The Hall–Kier alpha value is -1.85. The molecule has 0 aliphatic rings. The van der Waals surface area contributed by atoms with Gasteiger partial charge in [-0.1, -0.05) is 25.1 Å². The average molecular weight is 289 g/mol. The van der Waals surface area contributed by atoms with Crippen LogP contribution in [0.15, 0.2) is 30.5 Å². The molecule has 0 saturated heterocycles. The quantitative estimate of drug-likeness (QED) is 0.724. The van der Waals surface area contributed by atoms with Gasteiger partial charge in [-0.05, 0) is 24.5 Å². The number of fused-ring (bicyclic) bond motifs is 1. The van der Waals surface area contributed by atoms with Crippen LogP contribution in [0.3, 0.4) is 0 Å². The number of aromatic amines is 1. The fourth-order valence-electron chi connectivity index (χ4n) is 2.40. The lowest BCUT2D eigenvalue weighted by molar-refractivity contribution is -0.123. The van der Waals surface area contributed by atoms with Crippen molar-refractivity contribution in [3.8, 4) is 0 Å². The average Bonchev–Trinajstić information content (AvgIpc) is 2.90. The van der Waals surface area contributed by atoms with Crippen LogP contribution in [-0.2, 0) is 16.0 Å². The Bertz CT molecular complexity index is 594. The van der Waals surface area contributed by atoms with E-state index < -0.39 is 6.04 Å². The molecule has 1 aromatic carbocycles. The molecular formula is C16H23N3O2. The number of nitrogens with one attached hydrogen (secondary N) is 2. The number of ether oxygens (including phenoxy) is 1. The largest absolute Gasteiger partial charge is 0.383 e. The van der Waals surface area contributed by atoms with Gasteiger partial charge in [0.2, 0.25) is 5.91 Å². The second kappa shape index (κ2) is 7.24. The number of rotatable bonds is 7. The number of para-hydroxylation sites is 1. The first-order valence-corrected chi connectivity index (χ1v) is 7.25. The van der Waals surface area contributed by atoms with E-state index >= 15 is 0 Å². The minimum atomic E-state index is -0.560. The Morgan fingerprint density at radius 1 is 1.43 bits per heavy atom. The molecule has 1 aromatic heterocycles. The lowest BCUT2D eigenvalue weighted by Crippen LogP contribution is -2.47. The van der Waals surface area contributed by atoms with Crippen molar-refractivity contribution in [2.75, 3.05) is 13.7 Å². The molecule has 0 aliphatic heterocycles. The zero-order valence-electron chi connectivity index (χ0n) is 12.6. The van der Waals surface area contributed by atoms with Crippen LogP contribution in [0.2, 0.25) is 0 Å². The number of amides is 1. The summed E-state index contributed by atoms with van der Waals surface area (Å²) in [5.74, 6) is -0.135. The maximum atomic E-state index is 12.1. The van der Waals surface area contributed by atoms with Crippen LogP contribution in [-0.4, -0.2) is 36.7 Å². The Balaban J connectivity index is 2.00. The number of benzene rings is 1. The lowest BCUT2D eigenvalue weighted by atomic mass is 10.0. The van der Waals surface area contributed by atoms with Crippen molar-refractivity contribution in [3.05, 3.63) is 36.0 Å². The molecule has 5 heteroatoms. The summed E-state index contributed by atoms with van der Waals surface area (Å²) in [6.07, 6.45) is 3.25. The van der Waals surface area contributed by atoms with E-state index in [0.29, 0.717) is 13.0 Å². The molecule has 0 saturated carbocycles. The summed E-state index contributed by atoms with van der Waals surface area (Å²) in [7, 11) is 1.63. The fourth-order valence-corrected chi connectivity index (χ4v) is 2.40. The summed E-state index contributed by atoms with van der Waals surface area (Å²) in [5, 5.41) is 4.04. The molecule has 0 radical (unpaired) electrons. The summed E-state index contributed by atoms with van der Waals surface area (Å²) >= 11 is 0. The molecule has 1 amide bonds. The molecule has 5 nitrogen and oxygen atoms in total. The Kier molecular flexibility index (Phi) is 5.36. The van der Waals surface area contributed by atoms with E-state index in [4.69, 9.17) is 10.5 Å². The molecule has 1 unspecified atom stereocenters. The SMILES string of the molecule is CCC(COC)NC(=O)[C@@H](N)Cc1c[nH]c2ccccc12. The van der Waals surface area contributed by atoms with Crippen molar-refractivity contribution < 1.29 is 9.53 Å². The van der Waals surface area contributed by atoms with Crippen molar-refractivity contribution in [1.82, 2.24) is 10.3 Å². The maximum absolute atomic E-state index is 12.1. The first-order valence-electron chi connectivity index (χ1n) is 7.25. The van der Waals surface area contributed by atoms with Crippen molar-refractivity contribution in [3.63, 3.8) is 0 Å². The highest BCUT2D eigenvalue weighted by molar-refractivity contribution is 5.86. The van der Waals surface area contributed by atoms with Gasteiger partial charge >= 0.3 is 0 Å². The predicted molar refractivity (Wildman–Crippen MR) is 84.1 cm³/mol. The van der Waals surface area contributed by atoms with Crippen LogP contribution < -0.4 is 11.1 Å². The van der Waals surface area contributed by atoms with Gasteiger partial charge in [0.1, 0.15) is 0 Å². The first kappa shape index (κ1) is 15.5. The van der Waals surface area contributed by atoms with E-state index in [1.165, 1.54) is 0 Å². The van der Waals surface area contributed by atoms with Crippen molar-refractivity contribution >= 4 is 16.8 Å². The molecule has 2 aromatic rings. The zero-order chi connectivity index (χ0) is 15.2. The van der Waals surface area contributed by atoms with Gasteiger partial charge in [-0.15, -0.1) is 0 Å². The number of nitrogens with two attached hydrogens (primary N) is 1. The zero-order valence-corrected chi connectivity index (χ0v) is 12.6. The highest BCUT2D eigenvalue weighted by atomic mass is 16.5. The van der Waals surface area contributed by atoms with Gasteiger partial charge in [-0.2, -0.15) is 0 Å². The van der Waals surface area contributed by atoms with Gasteiger partial charge in [0, 0.05) is 24.2 Å². The lowest BCUT2D eigenvalue weighted by Gasteiger charge is -2.19. The van der Waals surface area contributed by atoms with E-state index in [2.05, 4.69) is 10.3 Å². The predicted octanol–water partition coefficient (Wildman–Crippen LogP) is 1.58. The summed E-state index contributed by atoms with van der Waals surface area (Å²) < 4.78 is 5.08. The Labute approximate surface area is 124 Å². The topological polar surface area (TPSA) is 80.1 Å². The van der Waals surface area contributed by atoms with Crippen LogP contribution in [0.5, 0.6) is 0 Å². The minimum absolute atomic E-state index is 0.0107. The summed E-state index contributed by atoms with van der Waals surface area (Å²) in [5.41, 5.74) is 8.16. The van der Waals surface area contributed by atoms with Gasteiger partial charge in [0.25, 0.3) is 0 Å². The van der Waals surface area contributed by atoms with Crippen LogP contribution in [0.1, 0.15) is 18.9 Å². The van der Waals surface area contributed by atoms with Crippen molar-refractivity contribution in [2.24, 2.45) is 5.73 Å². The number of H-pyrrole nitrogens is 1. The third-order valence-corrected chi connectivity index (χ3v) is 3.66. The number of aromatic nitrogens is 1. The molecule has 2 atom stereocenters. The summed E-state index contributed by atoms with van der Waals surface area (Å²) in [6.45, 7) is 2.51. The smallest absolute Gasteiger partial charge is 0.237 e.